The van der Waals surface area contributed by atoms with Gasteiger partial charge >= 0.3 is 0 Å². The van der Waals surface area contributed by atoms with Crippen LogP contribution in [0.3, 0.4) is 0 Å². The van der Waals surface area contributed by atoms with Gasteiger partial charge in [0.05, 0.1) is 5.69 Å². The lowest BCUT2D eigenvalue weighted by atomic mass is 10.0. The van der Waals surface area contributed by atoms with Gasteiger partial charge in [-0.05, 0) is 52.7 Å². The summed E-state index contributed by atoms with van der Waals surface area (Å²) < 4.78 is 6.22. The molecule has 5 heteroatoms. The fraction of sp³-hybridized carbons (Fsp3) is 0.167. The zero-order chi connectivity index (χ0) is 23.6. The van der Waals surface area contributed by atoms with Crippen LogP contribution in [0.4, 0.5) is 5.69 Å². The molecule has 0 saturated carbocycles. The molecule has 4 aromatic carbocycles. The zero-order valence-corrected chi connectivity index (χ0v) is 19.5. The van der Waals surface area contributed by atoms with Crippen LogP contribution in [0.25, 0.3) is 33.1 Å². The molecule has 0 unspecified atom stereocenters. The maximum Gasteiger partial charge on any atom is 0.256 e. The molecule has 0 bridgehead atoms. The van der Waals surface area contributed by atoms with Crippen molar-refractivity contribution in [1.29, 1.82) is 0 Å². The van der Waals surface area contributed by atoms with E-state index in [2.05, 4.69) is 33.7 Å². The number of carbonyl (C=O) groups excluding carboxylic acids is 1. The number of anilines is 1. The second-order valence-electron chi connectivity index (χ2n) is 9.04. The minimum Gasteiger partial charge on any atom is -0.456 e. The molecule has 0 radical (unpaired) electrons. The highest BCUT2D eigenvalue weighted by atomic mass is 16.3. The van der Waals surface area contributed by atoms with Crippen LogP contribution in [0, 0.1) is 0 Å². The van der Waals surface area contributed by atoms with Gasteiger partial charge in [0.25, 0.3) is 5.91 Å². The van der Waals surface area contributed by atoms with Gasteiger partial charge in [0.2, 0.25) is 0 Å². The zero-order valence-electron chi connectivity index (χ0n) is 19.5. The molecule has 1 fully saturated rings. The monoisotopic (exact) mass is 461 g/mol. The van der Waals surface area contributed by atoms with E-state index < -0.39 is 0 Å². The van der Waals surface area contributed by atoms with E-state index >= 15 is 0 Å². The Hall–Kier alpha value is -3.93. The summed E-state index contributed by atoms with van der Waals surface area (Å²) in [5.41, 5.74) is 4.37. The Bertz CT molecular complexity index is 1510. The number of rotatable bonds is 5. The van der Waals surface area contributed by atoms with Gasteiger partial charge in [-0.15, -0.1) is 0 Å². The van der Waals surface area contributed by atoms with E-state index in [1.54, 1.807) is 0 Å². The number of benzene rings is 4. The quantitative estimate of drug-likeness (QED) is 0.342. The van der Waals surface area contributed by atoms with Crippen molar-refractivity contribution in [3.63, 3.8) is 0 Å². The number of furan rings is 1. The summed E-state index contributed by atoms with van der Waals surface area (Å²) in [5.74, 6) is 0.608. The predicted octanol–water partition coefficient (Wildman–Crippen LogP) is 5.91. The highest BCUT2D eigenvalue weighted by Gasteiger charge is 2.16. The van der Waals surface area contributed by atoms with Gasteiger partial charge in [0.15, 0.2) is 0 Å². The number of hydrogen-bond donors (Lipinski definition) is 2. The molecule has 5 aromatic rings. The van der Waals surface area contributed by atoms with Crippen LogP contribution in [0.5, 0.6) is 0 Å². The fourth-order valence-electron chi connectivity index (χ4n) is 4.87. The minimum absolute atomic E-state index is 0.135. The number of fused-ring (bicyclic) bond motifs is 2. The Balaban J connectivity index is 1.29. The molecular weight excluding hydrogens is 434 g/mol. The summed E-state index contributed by atoms with van der Waals surface area (Å²) in [4.78, 5) is 15.7. The highest BCUT2D eigenvalue weighted by Crippen LogP contribution is 2.34. The molecular formula is C30H27N3O2. The van der Waals surface area contributed by atoms with Crippen molar-refractivity contribution in [2.24, 2.45) is 0 Å². The normalized spacial score (nSPS) is 14.4. The van der Waals surface area contributed by atoms with Crippen LogP contribution in [-0.4, -0.2) is 37.0 Å². The third-order valence-corrected chi connectivity index (χ3v) is 6.67. The SMILES string of the molecule is O=C(Nc1ccccc1-c1cc2cc(CN3CCNCC3)ccc2o1)c1cccc2ccccc12. The number of carbonyl (C=O) groups is 1. The van der Waals surface area contributed by atoms with E-state index in [0.717, 1.165) is 71.5 Å². The van der Waals surface area contributed by atoms with Gasteiger partial charge in [-0.3, -0.25) is 9.69 Å². The summed E-state index contributed by atoms with van der Waals surface area (Å²) in [7, 11) is 0. The largest absolute Gasteiger partial charge is 0.456 e. The topological polar surface area (TPSA) is 57.5 Å². The molecule has 0 spiro atoms. The van der Waals surface area contributed by atoms with E-state index in [1.165, 1.54) is 5.56 Å². The van der Waals surface area contributed by atoms with Gasteiger partial charge in [-0.25, -0.2) is 0 Å². The molecule has 0 aliphatic carbocycles. The third kappa shape index (κ3) is 4.44. The minimum atomic E-state index is -0.135. The summed E-state index contributed by atoms with van der Waals surface area (Å²) in [6.45, 7) is 5.16. The number of amides is 1. The molecule has 6 rings (SSSR count). The number of para-hydroxylation sites is 1. The maximum atomic E-state index is 13.3. The number of hydrogen-bond acceptors (Lipinski definition) is 4. The first-order chi connectivity index (χ1) is 17.2. The van der Waals surface area contributed by atoms with Crippen LogP contribution in [-0.2, 0) is 6.54 Å². The average molecular weight is 462 g/mol. The number of piperazine rings is 1. The molecule has 2 heterocycles. The predicted molar refractivity (Wildman–Crippen MR) is 142 cm³/mol. The smallest absolute Gasteiger partial charge is 0.256 e. The molecule has 0 atom stereocenters. The lowest BCUT2D eigenvalue weighted by Gasteiger charge is -2.27. The van der Waals surface area contributed by atoms with Crippen molar-refractivity contribution < 1.29 is 9.21 Å². The molecule has 2 N–H and O–H groups in total. The fourth-order valence-corrected chi connectivity index (χ4v) is 4.87. The number of nitrogens with one attached hydrogen (secondary N) is 2. The molecule has 1 aromatic heterocycles. The van der Waals surface area contributed by atoms with Crippen molar-refractivity contribution in [2.75, 3.05) is 31.5 Å². The standard InChI is InChI=1S/C30H27N3O2/c34-30(25-10-5-7-22-6-1-2-8-24(22)25)32-27-11-4-3-9-26(27)29-19-23-18-21(12-13-28(23)35-29)20-33-16-14-31-15-17-33/h1-13,18-19,31H,14-17,20H2,(H,32,34). The Kier molecular flexibility index (Phi) is 5.78. The first kappa shape index (κ1) is 21.6. The Morgan fingerprint density at radius 1 is 0.857 bits per heavy atom. The molecule has 35 heavy (non-hydrogen) atoms. The van der Waals surface area contributed by atoms with Crippen LogP contribution in [0.2, 0.25) is 0 Å². The molecule has 1 amide bonds. The second kappa shape index (κ2) is 9.37. The molecule has 174 valence electrons. The van der Waals surface area contributed by atoms with Gasteiger partial charge < -0.3 is 15.1 Å². The summed E-state index contributed by atoms with van der Waals surface area (Å²) in [5, 5.41) is 9.57. The highest BCUT2D eigenvalue weighted by molar-refractivity contribution is 6.14. The van der Waals surface area contributed by atoms with E-state index in [4.69, 9.17) is 4.42 Å². The first-order valence-corrected chi connectivity index (χ1v) is 12.1. The molecule has 5 nitrogen and oxygen atoms in total. The summed E-state index contributed by atoms with van der Waals surface area (Å²) >= 11 is 0. The van der Waals surface area contributed by atoms with Crippen molar-refractivity contribution in [2.45, 2.75) is 6.54 Å². The van der Waals surface area contributed by atoms with Crippen LogP contribution in [0.15, 0.2) is 95.4 Å². The van der Waals surface area contributed by atoms with Gasteiger partial charge in [0.1, 0.15) is 11.3 Å². The van der Waals surface area contributed by atoms with Gasteiger partial charge in [-0.1, -0.05) is 54.6 Å². The van der Waals surface area contributed by atoms with Crippen molar-refractivity contribution in [3.8, 4) is 11.3 Å². The Morgan fingerprint density at radius 2 is 1.66 bits per heavy atom. The molecule has 1 aliphatic heterocycles. The van der Waals surface area contributed by atoms with E-state index in [1.807, 2.05) is 72.8 Å². The van der Waals surface area contributed by atoms with E-state index in [9.17, 15) is 4.79 Å². The van der Waals surface area contributed by atoms with Crippen LogP contribution in [0.1, 0.15) is 15.9 Å². The summed E-state index contributed by atoms with van der Waals surface area (Å²) in [6.07, 6.45) is 0. The van der Waals surface area contributed by atoms with Crippen LogP contribution >= 0.6 is 0 Å². The Morgan fingerprint density at radius 3 is 2.57 bits per heavy atom. The second-order valence-corrected chi connectivity index (χ2v) is 9.04. The summed E-state index contributed by atoms with van der Waals surface area (Å²) in [6, 6.07) is 30.0. The maximum absolute atomic E-state index is 13.3. The van der Waals surface area contributed by atoms with Crippen LogP contribution < -0.4 is 10.6 Å². The first-order valence-electron chi connectivity index (χ1n) is 12.1. The van der Waals surface area contributed by atoms with Crippen molar-refractivity contribution in [1.82, 2.24) is 10.2 Å². The lowest BCUT2D eigenvalue weighted by Crippen LogP contribution is -2.42. The molecule has 1 saturated heterocycles. The van der Waals surface area contributed by atoms with E-state index in [-0.39, 0.29) is 5.91 Å². The Labute approximate surface area is 204 Å². The van der Waals surface area contributed by atoms with Gasteiger partial charge in [-0.2, -0.15) is 0 Å². The van der Waals surface area contributed by atoms with E-state index in [0.29, 0.717) is 5.56 Å². The lowest BCUT2D eigenvalue weighted by molar-refractivity contribution is 0.102. The molecule has 1 aliphatic rings. The average Bonchev–Trinajstić information content (AvgIpc) is 3.32. The van der Waals surface area contributed by atoms with Crippen molar-refractivity contribution >= 4 is 33.3 Å². The van der Waals surface area contributed by atoms with Crippen molar-refractivity contribution in [3.05, 3.63) is 102 Å². The number of nitrogens with zero attached hydrogens (tertiary/aromatic N) is 1. The van der Waals surface area contributed by atoms with Gasteiger partial charge in [0, 0.05) is 49.2 Å². The third-order valence-electron chi connectivity index (χ3n) is 6.67.